The van der Waals surface area contributed by atoms with Crippen molar-refractivity contribution < 1.29 is 9.72 Å². The van der Waals surface area contributed by atoms with E-state index in [1.165, 1.54) is 32.1 Å². The molecular formula is C12H16ClN4O+. The van der Waals surface area contributed by atoms with Gasteiger partial charge in [0.25, 0.3) is 5.88 Å². The fraction of sp³-hybridized carbons (Fsp3) is 0.583. The summed E-state index contributed by atoms with van der Waals surface area (Å²) in [7, 11) is 0. The summed E-state index contributed by atoms with van der Waals surface area (Å²) in [6.07, 6.45) is 8.17. The number of imidazole rings is 1. The van der Waals surface area contributed by atoms with E-state index in [-0.39, 0.29) is 5.28 Å². The van der Waals surface area contributed by atoms with Gasteiger partial charge in [0.1, 0.15) is 0 Å². The Labute approximate surface area is 110 Å². The van der Waals surface area contributed by atoms with Crippen LogP contribution in [0.2, 0.25) is 5.28 Å². The number of nitrogens with one attached hydrogen (secondary N) is 2. The van der Waals surface area contributed by atoms with Crippen LogP contribution in [0.15, 0.2) is 6.33 Å². The third-order valence-corrected chi connectivity index (χ3v) is 3.62. The molecule has 18 heavy (non-hydrogen) atoms. The lowest BCUT2D eigenvalue weighted by molar-refractivity contribution is -0.347. The zero-order chi connectivity index (χ0) is 12.4. The van der Waals surface area contributed by atoms with Gasteiger partial charge in [-0.25, -0.2) is 4.98 Å². The van der Waals surface area contributed by atoms with Crippen molar-refractivity contribution in [3.63, 3.8) is 0 Å². The third-order valence-electron chi connectivity index (χ3n) is 3.45. The lowest BCUT2D eigenvalue weighted by Gasteiger charge is -2.21. The number of rotatable bonds is 3. The second-order valence-electron chi connectivity index (χ2n) is 4.77. The Balaban J connectivity index is 1.75. The van der Waals surface area contributed by atoms with Gasteiger partial charge in [-0.15, -0.1) is 0 Å². The molecule has 0 spiro atoms. The summed E-state index contributed by atoms with van der Waals surface area (Å²) in [4.78, 5) is 14.2. The lowest BCUT2D eigenvalue weighted by atomic mass is 9.90. The molecule has 0 amide bonds. The normalized spacial score (nSPS) is 17.2. The van der Waals surface area contributed by atoms with Crippen LogP contribution < -0.4 is 9.72 Å². The van der Waals surface area contributed by atoms with Crippen LogP contribution in [-0.2, 0) is 0 Å². The highest BCUT2D eigenvalue weighted by Crippen LogP contribution is 2.26. The molecule has 0 aromatic carbocycles. The molecule has 1 fully saturated rings. The Morgan fingerprint density at radius 1 is 1.33 bits per heavy atom. The number of ether oxygens (including phenoxy) is 1. The SMILES string of the molecule is Clc1nc(OCC2CCCCC2)c2[nH]c[nH+]c2n1. The lowest BCUT2D eigenvalue weighted by Crippen LogP contribution is -2.16. The second kappa shape index (κ2) is 5.10. The quantitative estimate of drug-likeness (QED) is 0.869. The van der Waals surface area contributed by atoms with Gasteiger partial charge < -0.3 is 4.74 Å². The largest absolute Gasteiger partial charge is 0.475 e. The number of H-pyrrole nitrogens is 2. The molecular weight excluding hydrogens is 252 g/mol. The highest BCUT2D eigenvalue weighted by molar-refractivity contribution is 6.28. The van der Waals surface area contributed by atoms with Gasteiger partial charge in [0.05, 0.1) is 6.61 Å². The van der Waals surface area contributed by atoms with Gasteiger partial charge in [-0.05, 0) is 30.4 Å². The molecule has 96 valence electrons. The minimum Gasteiger partial charge on any atom is -0.475 e. The number of nitrogens with zero attached hydrogens (tertiary/aromatic N) is 2. The molecule has 5 nitrogen and oxygen atoms in total. The fourth-order valence-electron chi connectivity index (χ4n) is 2.48. The molecule has 0 radical (unpaired) electrons. The number of hydrogen-bond acceptors (Lipinski definition) is 3. The summed E-state index contributed by atoms with van der Waals surface area (Å²) < 4.78 is 5.81. The maximum Gasteiger partial charge on any atom is 0.308 e. The van der Waals surface area contributed by atoms with Gasteiger partial charge in [0, 0.05) is 0 Å². The van der Waals surface area contributed by atoms with Crippen LogP contribution in [-0.4, -0.2) is 21.6 Å². The van der Waals surface area contributed by atoms with Crippen molar-refractivity contribution in [2.45, 2.75) is 32.1 Å². The van der Waals surface area contributed by atoms with Crippen molar-refractivity contribution in [2.24, 2.45) is 5.92 Å². The van der Waals surface area contributed by atoms with Crippen LogP contribution in [0.4, 0.5) is 0 Å². The van der Waals surface area contributed by atoms with E-state index >= 15 is 0 Å². The molecule has 2 aromatic heterocycles. The van der Waals surface area contributed by atoms with Gasteiger partial charge in [-0.3, -0.25) is 4.98 Å². The first kappa shape index (κ1) is 11.7. The average Bonchev–Trinajstić information content (AvgIpc) is 2.85. The number of hydrogen-bond donors (Lipinski definition) is 1. The zero-order valence-corrected chi connectivity index (χ0v) is 10.8. The first-order valence-corrected chi connectivity index (χ1v) is 6.76. The molecule has 0 unspecified atom stereocenters. The molecule has 0 aliphatic heterocycles. The van der Waals surface area contributed by atoms with E-state index in [4.69, 9.17) is 16.3 Å². The number of aromatic nitrogens is 4. The van der Waals surface area contributed by atoms with Gasteiger partial charge in [0.15, 0.2) is 6.33 Å². The van der Waals surface area contributed by atoms with Gasteiger partial charge in [0.2, 0.25) is 5.52 Å². The minimum absolute atomic E-state index is 0.206. The van der Waals surface area contributed by atoms with Crippen molar-refractivity contribution in [2.75, 3.05) is 6.61 Å². The molecule has 2 heterocycles. The topological polar surface area (TPSA) is 64.9 Å². The highest BCUT2D eigenvalue weighted by Gasteiger charge is 2.19. The predicted octanol–water partition coefficient (Wildman–Crippen LogP) is 2.38. The summed E-state index contributed by atoms with van der Waals surface area (Å²) in [5.41, 5.74) is 1.45. The Hall–Kier alpha value is -1.36. The van der Waals surface area contributed by atoms with Gasteiger partial charge >= 0.3 is 10.9 Å². The summed E-state index contributed by atoms with van der Waals surface area (Å²) >= 11 is 5.87. The maximum absolute atomic E-state index is 5.87. The molecule has 0 bridgehead atoms. The Bertz CT molecular complexity index is 536. The minimum atomic E-state index is 0.206. The monoisotopic (exact) mass is 267 g/mol. The van der Waals surface area contributed by atoms with Crippen molar-refractivity contribution in [3.8, 4) is 5.88 Å². The summed E-state index contributed by atoms with van der Waals surface area (Å²) in [5.74, 6) is 1.18. The average molecular weight is 268 g/mol. The Morgan fingerprint density at radius 2 is 2.17 bits per heavy atom. The molecule has 6 heteroatoms. The number of fused-ring (bicyclic) bond motifs is 1. The first-order chi connectivity index (χ1) is 8.83. The molecule has 2 aromatic rings. The Morgan fingerprint density at radius 3 is 3.00 bits per heavy atom. The van der Waals surface area contributed by atoms with Crippen LogP contribution in [0.1, 0.15) is 32.1 Å². The van der Waals surface area contributed by atoms with Crippen LogP contribution in [0.25, 0.3) is 11.2 Å². The van der Waals surface area contributed by atoms with E-state index < -0.39 is 0 Å². The van der Waals surface area contributed by atoms with Crippen molar-refractivity contribution >= 4 is 22.8 Å². The van der Waals surface area contributed by atoms with Crippen LogP contribution in [0, 0.1) is 5.92 Å². The first-order valence-electron chi connectivity index (χ1n) is 6.38. The van der Waals surface area contributed by atoms with Gasteiger partial charge in [-0.1, -0.05) is 24.2 Å². The van der Waals surface area contributed by atoms with Crippen molar-refractivity contribution in [1.29, 1.82) is 0 Å². The molecule has 2 N–H and O–H groups in total. The van der Waals surface area contributed by atoms with E-state index in [1.54, 1.807) is 6.33 Å². The molecule has 1 saturated carbocycles. The number of halogens is 1. The Kier molecular flexibility index (Phi) is 3.32. The molecule has 0 saturated heterocycles. The second-order valence-corrected chi connectivity index (χ2v) is 5.11. The third kappa shape index (κ3) is 2.41. The fourth-order valence-corrected chi connectivity index (χ4v) is 2.64. The van der Waals surface area contributed by atoms with Gasteiger partial charge in [-0.2, -0.15) is 4.98 Å². The molecule has 3 rings (SSSR count). The summed E-state index contributed by atoms with van der Waals surface area (Å²) in [5, 5.41) is 0.206. The van der Waals surface area contributed by atoms with E-state index in [1.807, 2.05) is 0 Å². The zero-order valence-electron chi connectivity index (χ0n) is 10.1. The standard InChI is InChI=1S/C12H15ClN4O/c13-12-16-10-9(14-7-15-10)11(17-12)18-6-8-4-2-1-3-5-8/h7-8H,1-6H2,(H,14,15,16,17)/p+1. The molecule has 0 atom stereocenters. The van der Waals surface area contributed by atoms with E-state index in [0.29, 0.717) is 24.1 Å². The summed E-state index contributed by atoms with van der Waals surface area (Å²) in [6, 6.07) is 0. The van der Waals surface area contributed by atoms with Crippen LogP contribution in [0.3, 0.4) is 0 Å². The highest BCUT2D eigenvalue weighted by atomic mass is 35.5. The van der Waals surface area contributed by atoms with Crippen molar-refractivity contribution in [1.82, 2.24) is 15.0 Å². The van der Waals surface area contributed by atoms with Crippen LogP contribution in [0.5, 0.6) is 5.88 Å². The van der Waals surface area contributed by atoms with E-state index in [2.05, 4.69) is 19.9 Å². The summed E-state index contributed by atoms with van der Waals surface area (Å²) in [6.45, 7) is 0.710. The van der Waals surface area contributed by atoms with Crippen LogP contribution >= 0.6 is 11.6 Å². The van der Waals surface area contributed by atoms with Crippen molar-refractivity contribution in [3.05, 3.63) is 11.6 Å². The number of aromatic amines is 2. The predicted molar refractivity (Wildman–Crippen MR) is 67.5 cm³/mol. The van der Waals surface area contributed by atoms with E-state index in [9.17, 15) is 0 Å². The molecule has 1 aliphatic carbocycles. The molecule has 1 aliphatic rings. The van der Waals surface area contributed by atoms with E-state index in [0.717, 1.165) is 5.52 Å². The smallest absolute Gasteiger partial charge is 0.308 e. The maximum atomic E-state index is 5.87.